The summed E-state index contributed by atoms with van der Waals surface area (Å²) < 4.78 is 33.4. The first kappa shape index (κ1) is 32.9. The maximum absolute atomic E-state index is 8.44. The first-order valence-electron chi connectivity index (χ1n) is 0.704. The Morgan fingerprint density at radius 2 is 0.778 bits per heavy atom. The van der Waals surface area contributed by atoms with E-state index in [-0.39, 0.29) is 40.5 Å². The lowest BCUT2D eigenvalue weighted by Crippen LogP contribution is -1.40. The third kappa shape index (κ3) is 610. The van der Waals surface area contributed by atoms with Crippen LogP contribution in [0.1, 0.15) is 0 Å². The van der Waals surface area contributed by atoms with Gasteiger partial charge in [-0.1, -0.05) is 0 Å². The van der Waals surface area contributed by atoms with Crippen molar-refractivity contribution in [1.29, 1.82) is 0 Å². The van der Waals surface area contributed by atoms with E-state index in [4.69, 9.17) is 16.8 Å². The molecular weight excluding hydrogens is 224 g/mol. The molecule has 9 heavy (non-hydrogen) atoms. The van der Waals surface area contributed by atoms with Gasteiger partial charge < -0.3 is 0 Å². The zero-order chi connectivity index (χ0) is 5.58. The normalized spacial score (nSPS) is 3.22. The summed E-state index contributed by atoms with van der Waals surface area (Å²) in [5.74, 6) is 0. The Morgan fingerprint density at radius 3 is 0.778 bits per heavy atom. The molecule has 0 aromatic heterocycles. The fraction of sp³-hybridized carbons (Fsp3) is 0. The van der Waals surface area contributed by atoms with Crippen LogP contribution in [0.2, 0.25) is 0 Å². The van der Waals surface area contributed by atoms with E-state index in [1.807, 2.05) is 0 Å². The van der Waals surface area contributed by atoms with Crippen LogP contribution in [-0.4, -0.2) is 16.8 Å². The molecule has 0 heterocycles. The largest absolute Gasteiger partial charge is 0.425 e. The molecule has 0 aromatic rings. The topological polar surface area (TPSA) is 68.3 Å². The van der Waals surface area contributed by atoms with E-state index < -0.39 is 10.6 Å². The van der Waals surface area contributed by atoms with Gasteiger partial charge in [-0.05, 0) is 12.5 Å². The second kappa shape index (κ2) is 37.0. The smallest absolute Gasteiger partial charge is 0.266 e. The highest BCUT2D eigenvalue weighted by Gasteiger charge is 1.40. The molecule has 0 spiro atoms. The molecule has 9 heteroatoms. The summed E-state index contributed by atoms with van der Waals surface area (Å²) in [4.78, 5) is 0. The summed E-state index contributed by atoms with van der Waals surface area (Å²) in [5.41, 5.74) is 0. The minimum Gasteiger partial charge on any atom is -0.266 e. The predicted octanol–water partition coefficient (Wildman–Crippen LogP) is -1.54. The highest BCUT2D eigenvalue weighted by atomic mass is 32.2. The van der Waals surface area contributed by atoms with Crippen LogP contribution >= 0.6 is 40.5 Å². The molecule has 0 N–H and O–H groups in total. The van der Waals surface area contributed by atoms with Gasteiger partial charge >= 0.3 is 10.6 Å². The molecule has 62 valence electrons. The summed E-state index contributed by atoms with van der Waals surface area (Å²) in [7, 11) is -3.11. The second-order valence-corrected chi connectivity index (χ2v) is 0.612. The van der Waals surface area contributed by atoms with Crippen molar-refractivity contribution in [3.63, 3.8) is 0 Å². The van der Waals surface area contributed by atoms with Crippen LogP contribution < -0.4 is 0 Å². The highest BCUT2D eigenvalue weighted by molar-refractivity contribution is 7.59. The van der Waals surface area contributed by atoms with E-state index >= 15 is 0 Å². The van der Waals surface area contributed by atoms with Crippen LogP contribution in [0, 0.1) is 0 Å². The van der Waals surface area contributed by atoms with Crippen molar-refractivity contribution in [2.24, 2.45) is 0 Å². The van der Waals surface area contributed by atoms with Gasteiger partial charge in [0.1, 0.15) is 0 Å². The van der Waals surface area contributed by atoms with Gasteiger partial charge in [-0.25, -0.2) is 0 Å². The standard InChI is InChI=1S/O3S.H2OS.3H2S/c1-4(2)3;1-2;;;/h;2H2;3*1H2. The van der Waals surface area contributed by atoms with E-state index in [9.17, 15) is 0 Å². The second-order valence-electron chi connectivity index (χ2n) is 0.204. The Labute approximate surface area is 80.3 Å². The van der Waals surface area contributed by atoms with Gasteiger partial charge in [0.2, 0.25) is 0 Å². The number of hydrogen-bond donors (Lipinski definition) is 0. The molecule has 4 nitrogen and oxygen atoms in total. The summed E-state index contributed by atoms with van der Waals surface area (Å²) in [6.07, 6.45) is 0. The molecule has 0 unspecified atom stereocenters. The number of rotatable bonds is 0. The zero-order valence-electron chi connectivity index (χ0n) is 4.04. The molecule has 0 aliphatic rings. The maximum atomic E-state index is 8.44. The first-order valence-corrected chi connectivity index (χ1v) is 2.11. The molecule has 0 bridgehead atoms. The minimum absolute atomic E-state index is 0. The van der Waals surface area contributed by atoms with Gasteiger partial charge in [0, 0.05) is 0 Å². The molecule has 0 rings (SSSR count). The molecule has 0 saturated carbocycles. The van der Waals surface area contributed by atoms with Crippen molar-refractivity contribution in [2.45, 2.75) is 0 Å². The summed E-state index contributed by atoms with van der Waals surface area (Å²) >= 11 is 1.72. The van der Waals surface area contributed by atoms with Crippen LogP contribution in [0.15, 0.2) is 0 Å². The summed E-state index contributed by atoms with van der Waals surface area (Å²) in [6.45, 7) is 0. The number of hydrogen-bond acceptors (Lipinski definition) is 4. The van der Waals surface area contributed by atoms with Gasteiger partial charge in [0.15, 0.2) is 0 Å². The van der Waals surface area contributed by atoms with Crippen molar-refractivity contribution < 1.29 is 16.8 Å². The lowest BCUT2D eigenvalue weighted by molar-refractivity contribution is 0.559. The Balaban J connectivity index is -0.00000000990. The molecule has 0 radical (unpaired) electrons. The van der Waals surface area contributed by atoms with Crippen LogP contribution in [-0.2, 0) is 23.1 Å². The van der Waals surface area contributed by atoms with Gasteiger partial charge in [-0.2, -0.15) is 40.5 Å². The molecule has 0 atom stereocenters. The quantitative estimate of drug-likeness (QED) is 0.508. The average Bonchev–Trinajstić information content (AvgIpc) is 1.41. The molecule has 0 aliphatic carbocycles. The van der Waals surface area contributed by atoms with Crippen LogP contribution in [0.25, 0.3) is 0 Å². The van der Waals surface area contributed by atoms with E-state index in [1.165, 1.54) is 0 Å². The molecule has 0 fully saturated rings. The highest BCUT2D eigenvalue weighted by Crippen LogP contribution is 1.07. The van der Waals surface area contributed by atoms with E-state index in [0.717, 1.165) is 0 Å². The Morgan fingerprint density at radius 1 is 0.778 bits per heavy atom. The van der Waals surface area contributed by atoms with Gasteiger partial charge in [0.05, 0.1) is 0 Å². The van der Waals surface area contributed by atoms with E-state index in [1.54, 1.807) is 12.5 Å². The van der Waals surface area contributed by atoms with Gasteiger partial charge in [0.25, 0.3) is 0 Å². The molecule has 0 saturated heterocycles. The third-order valence-corrected chi connectivity index (χ3v) is 0. The van der Waals surface area contributed by atoms with Gasteiger partial charge in [-0.3, -0.25) is 4.21 Å². The van der Waals surface area contributed by atoms with Gasteiger partial charge in [-0.15, -0.1) is 12.6 Å². The fourth-order valence-electron chi connectivity index (χ4n) is 0. The summed E-state index contributed by atoms with van der Waals surface area (Å²) in [6, 6.07) is 0. The van der Waals surface area contributed by atoms with Crippen LogP contribution in [0.3, 0.4) is 0 Å². The lowest BCUT2D eigenvalue weighted by Gasteiger charge is -1.11. The zero-order valence-corrected chi connectivity index (χ0v) is 8.86. The molecular formula is H8O4S5. The van der Waals surface area contributed by atoms with Crippen molar-refractivity contribution in [3.05, 3.63) is 0 Å². The molecule has 0 aliphatic heterocycles. The maximum Gasteiger partial charge on any atom is 0.425 e. The SMILES string of the molecule is O=S(=O)=O.O=[SH2].S.S.S. The van der Waals surface area contributed by atoms with Crippen molar-refractivity contribution in [3.8, 4) is 0 Å². The molecule has 0 aromatic carbocycles. The monoisotopic (exact) mass is 232 g/mol. The Hall–Kier alpha value is 0.820. The minimum atomic E-state index is -3.11. The Bertz CT molecular complexity index is 89.1. The van der Waals surface area contributed by atoms with E-state index in [0.29, 0.717) is 0 Å². The first-order chi connectivity index (χ1) is 2.73. The third-order valence-electron chi connectivity index (χ3n) is 0. The van der Waals surface area contributed by atoms with Crippen molar-refractivity contribution in [1.82, 2.24) is 0 Å². The Kier molecular flexibility index (Phi) is 135. The van der Waals surface area contributed by atoms with E-state index in [2.05, 4.69) is 0 Å². The summed E-state index contributed by atoms with van der Waals surface area (Å²) in [5, 5.41) is 0. The van der Waals surface area contributed by atoms with Crippen molar-refractivity contribution in [2.75, 3.05) is 0 Å². The lowest BCUT2D eigenvalue weighted by atomic mass is 15.9. The molecule has 0 amide bonds. The predicted molar refractivity (Wildman–Crippen MR) is 51.8 cm³/mol. The van der Waals surface area contributed by atoms with Crippen molar-refractivity contribution >= 4 is 63.6 Å². The average molecular weight is 232 g/mol. The fourth-order valence-corrected chi connectivity index (χ4v) is 0. The van der Waals surface area contributed by atoms with Crippen LogP contribution in [0.4, 0.5) is 0 Å². The van der Waals surface area contributed by atoms with Crippen LogP contribution in [0.5, 0.6) is 0 Å².